The molecular formula is C16H28F3IN6O. The Hall–Kier alpha value is -1.11. The molecule has 1 unspecified atom stereocenters. The lowest BCUT2D eigenvalue weighted by atomic mass is 10.2. The van der Waals surface area contributed by atoms with Gasteiger partial charge in [0.05, 0.1) is 6.54 Å². The van der Waals surface area contributed by atoms with Crippen molar-refractivity contribution in [2.75, 3.05) is 33.2 Å². The van der Waals surface area contributed by atoms with Crippen molar-refractivity contribution in [2.45, 2.75) is 51.2 Å². The summed E-state index contributed by atoms with van der Waals surface area (Å²) >= 11 is 0. The molecule has 7 nitrogen and oxygen atoms in total. The molecule has 2 rings (SSSR count). The first kappa shape index (κ1) is 23.9. The minimum Gasteiger partial charge on any atom is -0.356 e. The number of hydrogen-bond donors (Lipinski definition) is 2. The molecular weight excluding hydrogens is 476 g/mol. The van der Waals surface area contributed by atoms with Crippen LogP contribution >= 0.6 is 24.0 Å². The van der Waals surface area contributed by atoms with Crippen molar-refractivity contribution in [1.29, 1.82) is 0 Å². The van der Waals surface area contributed by atoms with Gasteiger partial charge in [0, 0.05) is 45.1 Å². The summed E-state index contributed by atoms with van der Waals surface area (Å²) in [7, 11) is 1.64. The van der Waals surface area contributed by atoms with Crippen molar-refractivity contribution in [3.8, 4) is 0 Å². The standard InChI is InChI=1S/C16H27F3N6O.HI/c1-11(2)14-23-13(26-24-14)5-4-7-21-15(20-3)22-12-6-8-25(9-12)10-16(17,18)19;/h11-12H,4-10H2,1-3H3,(H2,20,21,22);1H. The molecule has 1 aromatic heterocycles. The fourth-order valence-corrected chi connectivity index (χ4v) is 2.79. The first-order valence-corrected chi connectivity index (χ1v) is 8.85. The van der Waals surface area contributed by atoms with E-state index < -0.39 is 12.7 Å². The number of aromatic nitrogens is 2. The molecule has 0 amide bonds. The van der Waals surface area contributed by atoms with Crippen LogP contribution in [0.3, 0.4) is 0 Å². The lowest BCUT2D eigenvalue weighted by Crippen LogP contribution is -2.45. The van der Waals surface area contributed by atoms with Crippen molar-refractivity contribution in [2.24, 2.45) is 4.99 Å². The average Bonchev–Trinajstić information content (AvgIpc) is 3.18. The van der Waals surface area contributed by atoms with E-state index in [1.165, 1.54) is 4.90 Å². The summed E-state index contributed by atoms with van der Waals surface area (Å²) in [6, 6.07) is -0.0342. The van der Waals surface area contributed by atoms with Gasteiger partial charge in [-0.3, -0.25) is 9.89 Å². The van der Waals surface area contributed by atoms with E-state index in [2.05, 4.69) is 25.8 Å². The Balaban J connectivity index is 0.00000364. The van der Waals surface area contributed by atoms with Gasteiger partial charge in [0.1, 0.15) is 0 Å². The zero-order valence-electron chi connectivity index (χ0n) is 15.8. The largest absolute Gasteiger partial charge is 0.401 e. The molecule has 1 aliphatic rings. The van der Waals surface area contributed by atoms with Crippen LogP contribution < -0.4 is 10.6 Å². The van der Waals surface area contributed by atoms with Gasteiger partial charge in [-0.25, -0.2) is 0 Å². The number of alkyl halides is 3. The molecule has 1 saturated heterocycles. The van der Waals surface area contributed by atoms with Gasteiger partial charge in [-0.15, -0.1) is 24.0 Å². The third-order valence-corrected chi connectivity index (χ3v) is 4.10. The molecule has 0 bridgehead atoms. The molecule has 0 spiro atoms. The minimum absolute atomic E-state index is 0. The molecule has 1 atom stereocenters. The zero-order valence-corrected chi connectivity index (χ0v) is 18.2. The Morgan fingerprint density at radius 1 is 1.41 bits per heavy atom. The number of halogens is 4. The van der Waals surface area contributed by atoms with Gasteiger partial charge in [0.25, 0.3) is 0 Å². The Morgan fingerprint density at radius 3 is 2.74 bits per heavy atom. The van der Waals surface area contributed by atoms with Crippen molar-refractivity contribution < 1.29 is 17.7 Å². The van der Waals surface area contributed by atoms with Crippen LogP contribution in [0, 0.1) is 0 Å². The second-order valence-electron chi connectivity index (χ2n) is 6.78. The summed E-state index contributed by atoms with van der Waals surface area (Å²) < 4.78 is 42.5. The Kier molecular flexibility index (Phi) is 9.77. The van der Waals surface area contributed by atoms with Crippen molar-refractivity contribution >= 4 is 29.9 Å². The summed E-state index contributed by atoms with van der Waals surface area (Å²) in [5.41, 5.74) is 0. The first-order chi connectivity index (χ1) is 12.3. The van der Waals surface area contributed by atoms with E-state index in [-0.39, 0.29) is 35.9 Å². The Labute approximate surface area is 174 Å². The maximum atomic E-state index is 12.4. The number of aliphatic imine (C=N–C) groups is 1. The molecule has 2 N–H and O–H groups in total. The molecule has 1 aliphatic heterocycles. The summed E-state index contributed by atoms with van der Waals surface area (Å²) in [6.45, 7) is 4.59. The number of hydrogen-bond acceptors (Lipinski definition) is 5. The number of rotatable bonds is 7. The number of nitrogens with zero attached hydrogens (tertiary/aromatic N) is 4. The van der Waals surface area contributed by atoms with Crippen LogP contribution in [0.25, 0.3) is 0 Å². The quantitative estimate of drug-likeness (QED) is 0.257. The predicted molar refractivity (Wildman–Crippen MR) is 108 cm³/mol. The van der Waals surface area contributed by atoms with Gasteiger partial charge in [0.2, 0.25) is 5.89 Å². The molecule has 1 aromatic rings. The first-order valence-electron chi connectivity index (χ1n) is 8.85. The minimum atomic E-state index is -4.15. The van der Waals surface area contributed by atoms with E-state index in [4.69, 9.17) is 4.52 Å². The van der Waals surface area contributed by atoms with Gasteiger partial charge in [-0.1, -0.05) is 19.0 Å². The fraction of sp³-hybridized carbons (Fsp3) is 0.812. The van der Waals surface area contributed by atoms with E-state index in [1.807, 2.05) is 13.8 Å². The molecule has 156 valence electrons. The number of nitrogens with one attached hydrogen (secondary N) is 2. The molecule has 0 aromatic carbocycles. The average molecular weight is 504 g/mol. The van der Waals surface area contributed by atoms with Crippen LogP contribution in [0.5, 0.6) is 0 Å². The number of guanidine groups is 1. The van der Waals surface area contributed by atoms with Crippen molar-refractivity contribution in [3.63, 3.8) is 0 Å². The lowest BCUT2D eigenvalue weighted by Gasteiger charge is -2.19. The zero-order chi connectivity index (χ0) is 19.2. The van der Waals surface area contributed by atoms with Crippen LogP contribution in [0.2, 0.25) is 0 Å². The van der Waals surface area contributed by atoms with Gasteiger partial charge >= 0.3 is 6.18 Å². The van der Waals surface area contributed by atoms with E-state index in [0.717, 1.165) is 6.42 Å². The Morgan fingerprint density at radius 2 is 2.15 bits per heavy atom. The molecule has 11 heteroatoms. The maximum Gasteiger partial charge on any atom is 0.401 e. The van der Waals surface area contributed by atoms with Gasteiger partial charge in [-0.05, 0) is 12.8 Å². The van der Waals surface area contributed by atoms with Crippen LogP contribution in [-0.2, 0) is 6.42 Å². The smallest absolute Gasteiger partial charge is 0.356 e. The molecule has 27 heavy (non-hydrogen) atoms. The van der Waals surface area contributed by atoms with Crippen LogP contribution in [-0.4, -0.2) is 66.4 Å². The van der Waals surface area contributed by atoms with E-state index in [0.29, 0.717) is 50.2 Å². The third-order valence-electron chi connectivity index (χ3n) is 4.10. The Bertz CT molecular complexity index is 593. The summed E-state index contributed by atoms with van der Waals surface area (Å²) in [5.74, 6) is 2.14. The number of aryl methyl sites for hydroxylation is 1. The van der Waals surface area contributed by atoms with Crippen molar-refractivity contribution in [1.82, 2.24) is 25.7 Å². The highest BCUT2D eigenvalue weighted by atomic mass is 127. The monoisotopic (exact) mass is 504 g/mol. The molecule has 0 aliphatic carbocycles. The van der Waals surface area contributed by atoms with E-state index in [1.54, 1.807) is 7.05 Å². The van der Waals surface area contributed by atoms with Gasteiger partial charge in [-0.2, -0.15) is 18.2 Å². The SMILES string of the molecule is CN=C(NCCCc1nc(C(C)C)no1)NC1CCN(CC(F)(F)F)C1.I. The van der Waals surface area contributed by atoms with Crippen LogP contribution in [0.4, 0.5) is 13.2 Å². The topological polar surface area (TPSA) is 78.6 Å². The van der Waals surface area contributed by atoms with Crippen molar-refractivity contribution in [3.05, 3.63) is 11.7 Å². The number of likely N-dealkylation sites (tertiary alicyclic amines) is 1. The van der Waals surface area contributed by atoms with Gasteiger partial charge in [0.15, 0.2) is 11.8 Å². The molecule has 1 fully saturated rings. The highest BCUT2D eigenvalue weighted by Gasteiger charge is 2.34. The van der Waals surface area contributed by atoms with Crippen LogP contribution in [0.1, 0.15) is 44.3 Å². The molecule has 0 radical (unpaired) electrons. The predicted octanol–water partition coefficient (Wildman–Crippen LogP) is 2.55. The van der Waals surface area contributed by atoms with Gasteiger partial charge < -0.3 is 15.2 Å². The molecule has 2 heterocycles. The highest BCUT2D eigenvalue weighted by Crippen LogP contribution is 2.19. The second-order valence-corrected chi connectivity index (χ2v) is 6.78. The molecule has 0 saturated carbocycles. The fourth-order valence-electron chi connectivity index (χ4n) is 2.79. The van der Waals surface area contributed by atoms with E-state index in [9.17, 15) is 13.2 Å². The third kappa shape index (κ3) is 8.62. The normalized spacial score (nSPS) is 18.6. The summed E-state index contributed by atoms with van der Waals surface area (Å²) in [6.07, 6.45) is -2.05. The summed E-state index contributed by atoms with van der Waals surface area (Å²) in [5, 5.41) is 10.3. The van der Waals surface area contributed by atoms with E-state index >= 15 is 0 Å². The lowest BCUT2D eigenvalue weighted by molar-refractivity contribution is -0.143. The summed E-state index contributed by atoms with van der Waals surface area (Å²) in [4.78, 5) is 9.85. The highest BCUT2D eigenvalue weighted by molar-refractivity contribution is 14.0. The second kappa shape index (κ2) is 11.0. The maximum absolute atomic E-state index is 12.4. The van der Waals surface area contributed by atoms with Crippen LogP contribution in [0.15, 0.2) is 9.52 Å².